The van der Waals surface area contributed by atoms with Gasteiger partial charge in [0, 0.05) is 12.3 Å². The van der Waals surface area contributed by atoms with Gasteiger partial charge in [0.05, 0.1) is 6.54 Å². The Labute approximate surface area is 154 Å². The van der Waals surface area contributed by atoms with Gasteiger partial charge in [-0.05, 0) is 47.9 Å². The Bertz CT molecular complexity index is 950. The van der Waals surface area contributed by atoms with Crippen LogP contribution < -0.4 is 5.32 Å². The van der Waals surface area contributed by atoms with Crippen LogP contribution in [0.3, 0.4) is 0 Å². The van der Waals surface area contributed by atoms with E-state index in [4.69, 9.17) is 4.52 Å². The standard InChI is InChI=1S/C17H18FN7O2/c1-10-21-23-24-25(10)14(8-11-3-2-4-13(18)7-11)16(26)19-9-15-20-17(27-22-15)12-5-6-12/h2-4,7,12,14H,5-6,8-9H2,1H3,(H,19,26). The molecule has 0 saturated heterocycles. The van der Waals surface area contributed by atoms with Crippen LogP contribution in [0.25, 0.3) is 0 Å². The normalized spacial score (nSPS) is 14.9. The molecular formula is C17H18FN7O2. The Balaban J connectivity index is 1.48. The summed E-state index contributed by atoms with van der Waals surface area (Å²) < 4.78 is 20.1. The van der Waals surface area contributed by atoms with Crippen molar-refractivity contribution in [1.82, 2.24) is 35.7 Å². The average Bonchev–Trinajstić information content (AvgIpc) is 3.25. The summed E-state index contributed by atoms with van der Waals surface area (Å²) in [6.45, 7) is 1.84. The molecule has 2 heterocycles. The van der Waals surface area contributed by atoms with Crippen LogP contribution in [-0.4, -0.2) is 36.3 Å². The number of carbonyl (C=O) groups excluding carboxylic acids is 1. The van der Waals surface area contributed by atoms with Gasteiger partial charge in [-0.1, -0.05) is 17.3 Å². The van der Waals surface area contributed by atoms with Crippen molar-refractivity contribution in [3.63, 3.8) is 0 Å². The molecule has 27 heavy (non-hydrogen) atoms. The first-order valence-corrected chi connectivity index (χ1v) is 8.69. The van der Waals surface area contributed by atoms with E-state index in [1.54, 1.807) is 19.1 Å². The summed E-state index contributed by atoms with van der Waals surface area (Å²) in [6.07, 6.45) is 2.36. The van der Waals surface area contributed by atoms with E-state index in [1.165, 1.54) is 16.8 Å². The second-order valence-electron chi connectivity index (χ2n) is 6.56. The fraction of sp³-hybridized carbons (Fsp3) is 0.412. The summed E-state index contributed by atoms with van der Waals surface area (Å²) in [5.74, 6) is 1.20. The molecule has 0 spiro atoms. The first-order chi connectivity index (χ1) is 13.1. The van der Waals surface area contributed by atoms with Crippen LogP contribution in [-0.2, 0) is 17.8 Å². The number of halogens is 1. The van der Waals surface area contributed by atoms with Gasteiger partial charge in [-0.2, -0.15) is 4.98 Å². The van der Waals surface area contributed by atoms with Gasteiger partial charge in [0.25, 0.3) is 0 Å². The summed E-state index contributed by atoms with van der Waals surface area (Å²) in [4.78, 5) is 17.1. The van der Waals surface area contributed by atoms with Crippen molar-refractivity contribution in [2.75, 3.05) is 0 Å². The van der Waals surface area contributed by atoms with E-state index >= 15 is 0 Å². The highest BCUT2D eigenvalue weighted by Gasteiger charge is 2.30. The van der Waals surface area contributed by atoms with Crippen LogP contribution in [0.15, 0.2) is 28.8 Å². The average molecular weight is 371 g/mol. The lowest BCUT2D eigenvalue weighted by atomic mass is 10.1. The minimum absolute atomic E-state index is 0.135. The van der Waals surface area contributed by atoms with Crippen LogP contribution in [0, 0.1) is 12.7 Å². The zero-order valence-electron chi connectivity index (χ0n) is 14.7. The number of hydrogen-bond donors (Lipinski definition) is 1. The van der Waals surface area contributed by atoms with E-state index in [0.29, 0.717) is 29.0 Å². The molecule has 4 rings (SSSR count). The molecule has 1 amide bonds. The van der Waals surface area contributed by atoms with E-state index in [9.17, 15) is 9.18 Å². The van der Waals surface area contributed by atoms with Crippen molar-refractivity contribution in [2.45, 2.75) is 44.7 Å². The molecule has 1 fully saturated rings. The molecule has 1 aromatic carbocycles. The number of amides is 1. The van der Waals surface area contributed by atoms with E-state index in [0.717, 1.165) is 12.8 Å². The lowest BCUT2D eigenvalue weighted by Gasteiger charge is -2.17. The van der Waals surface area contributed by atoms with Crippen molar-refractivity contribution in [3.8, 4) is 0 Å². The van der Waals surface area contributed by atoms with E-state index in [-0.39, 0.29) is 24.7 Å². The quantitative estimate of drug-likeness (QED) is 0.669. The molecule has 1 aliphatic rings. The fourth-order valence-electron chi connectivity index (χ4n) is 2.82. The van der Waals surface area contributed by atoms with Gasteiger partial charge >= 0.3 is 0 Å². The number of tetrazole rings is 1. The minimum Gasteiger partial charge on any atom is -0.347 e. The summed E-state index contributed by atoms with van der Waals surface area (Å²) >= 11 is 0. The van der Waals surface area contributed by atoms with Crippen molar-refractivity contribution >= 4 is 5.91 Å². The third-order valence-corrected chi connectivity index (χ3v) is 4.40. The SMILES string of the molecule is Cc1nnnn1C(Cc1cccc(F)c1)C(=O)NCc1noc(C2CC2)n1. The Morgan fingerprint density at radius 3 is 3.00 bits per heavy atom. The van der Waals surface area contributed by atoms with Gasteiger partial charge in [-0.3, -0.25) is 4.79 Å². The smallest absolute Gasteiger partial charge is 0.245 e. The van der Waals surface area contributed by atoms with Gasteiger partial charge in [0.15, 0.2) is 5.82 Å². The molecule has 1 saturated carbocycles. The predicted octanol–water partition coefficient (Wildman–Crippen LogP) is 1.48. The molecule has 0 aliphatic heterocycles. The highest BCUT2D eigenvalue weighted by atomic mass is 19.1. The highest BCUT2D eigenvalue weighted by Crippen LogP contribution is 2.38. The monoisotopic (exact) mass is 371 g/mol. The molecule has 3 aromatic rings. The lowest BCUT2D eigenvalue weighted by molar-refractivity contribution is -0.124. The van der Waals surface area contributed by atoms with Crippen LogP contribution in [0.4, 0.5) is 4.39 Å². The number of benzene rings is 1. The number of rotatable bonds is 7. The van der Waals surface area contributed by atoms with Gasteiger partial charge in [-0.15, -0.1) is 5.10 Å². The number of aromatic nitrogens is 6. The highest BCUT2D eigenvalue weighted by molar-refractivity contribution is 5.80. The molecule has 0 bridgehead atoms. The third-order valence-electron chi connectivity index (χ3n) is 4.40. The molecule has 1 N–H and O–H groups in total. The summed E-state index contributed by atoms with van der Waals surface area (Å²) in [5.41, 5.74) is 0.667. The Hall–Kier alpha value is -3.17. The van der Waals surface area contributed by atoms with Crippen LogP contribution in [0.2, 0.25) is 0 Å². The first-order valence-electron chi connectivity index (χ1n) is 8.69. The summed E-state index contributed by atoms with van der Waals surface area (Å²) in [6, 6.07) is 5.38. The molecule has 2 aromatic heterocycles. The maximum atomic E-state index is 13.5. The fourth-order valence-corrected chi connectivity index (χ4v) is 2.82. The molecule has 1 atom stereocenters. The molecule has 1 aliphatic carbocycles. The number of nitrogens with one attached hydrogen (secondary N) is 1. The van der Waals surface area contributed by atoms with Crippen LogP contribution in [0.1, 0.15) is 47.9 Å². The van der Waals surface area contributed by atoms with Gasteiger partial charge in [0.2, 0.25) is 11.8 Å². The third kappa shape index (κ3) is 3.99. The molecule has 1 unspecified atom stereocenters. The largest absolute Gasteiger partial charge is 0.347 e. The second kappa shape index (κ2) is 7.22. The molecule has 0 radical (unpaired) electrons. The van der Waals surface area contributed by atoms with Crippen LogP contribution in [0.5, 0.6) is 0 Å². The molecule has 140 valence electrons. The van der Waals surface area contributed by atoms with E-state index in [2.05, 4.69) is 31.0 Å². The number of hydrogen-bond acceptors (Lipinski definition) is 7. The molecule has 10 heteroatoms. The zero-order valence-corrected chi connectivity index (χ0v) is 14.7. The van der Waals surface area contributed by atoms with Crippen molar-refractivity contribution in [2.24, 2.45) is 0 Å². The first kappa shape index (κ1) is 17.3. The predicted molar refractivity (Wildman–Crippen MR) is 89.8 cm³/mol. The number of aryl methyl sites for hydroxylation is 1. The van der Waals surface area contributed by atoms with Gasteiger partial charge in [0.1, 0.15) is 17.7 Å². The summed E-state index contributed by atoms with van der Waals surface area (Å²) in [7, 11) is 0. The Morgan fingerprint density at radius 2 is 2.30 bits per heavy atom. The van der Waals surface area contributed by atoms with Crippen molar-refractivity contribution in [3.05, 3.63) is 53.2 Å². The number of nitrogens with zero attached hydrogens (tertiary/aromatic N) is 6. The van der Waals surface area contributed by atoms with Crippen LogP contribution >= 0.6 is 0 Å². The zero-order chi connectivity index (χ0) is 18.8. The summed E-state index contributed by atoms with van der Waals surface area (Å²) in [5, 5.41) is 18.0. The van der Waals surface area contributed by atoms with Gasteiger partial charge in [-0.25, -0.2) is 9.07 Å². The maximum absolute atomic E-state index is 13.5. The van der Waals surface area contributed by atoms with Crippen molar-refractivity contribution < 1.29 is 13.7 Å². The van der Waals surface area contributed by atoms with Crippen molar-refractivity contribution in [1.29, 1.82) is 0 Å². The second-order valence-corrected chi connectivity index (χ2v) is 6.56. The van der Waals surface area contributed by atoms with Gasteiger partial charge < -0.3 is 9.84 Å². The molecule has 9 nitrogen and oxygen atoms in total. The lowest BCUT2D eigenvalue weighted by Crippen LogP contribution is -2.35. The Kier molecular flexibility index (Phi) is 4.61. The maximum Gasteiger partial charge on any atom is 0.245 e. The van der Waals surface area contributed by atoms with E-state index < -0.39 is 6.04 Å². The molecular weight excluding hydrogens is 353 g/mol. The number of carbonyl (C=O) groups is 1. The van der Waals surface area contributed by atoms with E-state index in [1.807, 2.05) is 0 Å². The minimum atomic E-state index is -0.725. The topological polar surface area (TPSA) is 112 Å². The Morgan fingerprint density at radius 1 is 1.44 bits per heavy atom.